The number of amides is 13. The van der Waals surface area contributed by atoms with E-state index in [0.717, 1.165) is 0 Å². The van der Waals surface area contributed by atoms with Gasteiger partial charge in [-0.05, 0) is 67.8 Å². The smallest absolute Gasteiger partial charge is 0.303 e. The third-order valence-corrected chi connectivity index (χ3v) is 14.2. The molecule has 0 aromatic carbocycles. The number of rotatable bonds is 43. The SMILES string of the molecule is CC[C@H](C)[C@H](NC(=O)[C@H](CCC(=O)O)NC(=O)[C@H](CO)NC(=O)[C@@H](NC(=O)[C@@H](N)CO)C(C)C)C(=O)N[C@@H](CCC(N)=O)C(=O)N[C@@H](CC(C)C)C(=O)N[C@@H](CCSC)C(=O)N[C@@H](Cc1cnc[nH]1)C(=O)N[C@@H](CC(N)=O)C(=O)N[C@@H](CC(C)C)C(N)=O. The summed E-state index contributed by atoms with van der Waals surface area (Å²) in [6.45, 7) is 11.4. The number of aromatic nitrogens is 2. The molecule has 0 radical (unpaired) electrons. The van der Waals surface area contributed by atoms with Crippen LogP contribution in [-0.2, 0) is 73.5 Å². The number of imidazole rings is 1. The van der Waals surface area contributed by atoms with Gasteiger partial charge in [0.25, 0.3) is 0 Å². The van der Waals surface area contributed by atoms with Crippen molar-refractivity contribution in [1.29, 1.82) is 0 Å². The summed E-state index contributed by atoms with van der Waals surface area (Å²) in [5.41, 5.74) is 22.3. The third kappa shape index (κ3) is 28.7. The zero-order chi connectivity index (χ0) is 67.1. The molecule has 13 amide bonds. The van der Waals surface area contributed by atoms with Gasteiger partial charge in [0, 0.05) is 31.2 Å². The van der Waals surface area contributed by atoms with Gasteiger partial charge in [-0.3, -0.25) is 67.1 Å². The molecule has 34 heteroatoms. The summed E-state index contributed by atoms with van der Waals surface area (Å²) in [5.74, 6) is -15.7. The quantitative estimate of drug-likeness (QED) is 0.0290. The van der Waals surface area contributed by atoms with Gasteiger partial charge in [0.1, 0.15) is 66.5 Å². The maximum atomic E-state index is 14.4. The standard InChI is InChI=1S/C54H92N16O17S/c1-10-28(8)43(70-48(81)32(12-14-41(75)76)61-52(85)38(23-72)68-53(86)42(27(6)7)69-45(78)30(55)22-71)54(87)63-31(11-13-39(56)73)46(79)65-35(18-26(4)5)49(82)62-33(15-16-88-9)47(80)66-36(19-29-21-59-24-60-29)50(83)67-37(20-40(57)74)51(84)64-34(44(58)77)17-25(2)3/h21,24-28,30-38,42-43,71-72H,10-20,22-23,55H2,1-9H3,(H2,56,73)(H2,57,74)(H2,58,77)(H,59,60)(H,61,85)(H,62,82)(H,63,87)(H,64,84)(H,65,79)(H,66,80)(H,67,83)(H,68,86)(H,69,78)(H,70,81)(H,75,76)/t28-,30-,31-,32-,33-,34-,35-,36-,37-,38-,42-,43-/m0/s1. The van der Waals surface area contributed by atoms with Crippen LogP contribution in [-0.4, -0.2) is 200 Å². The lowest BCUT2D eigenvalue weighted by atomic mass is 9.96. The van der Waals surface area contributed by atoms with Crippen LogP contribution in [0.3, 0.4) is 0 Å². The molecule has 0 aliphatic carbocycles. The fraction of sp³-hybridized carbons (Fsp3) is 0.685. The Hall–Kier alpha value is -7.98. The Morgan fingerprint density at radius 3 is 1.43 bits per heavy atom. The Bertz CT molecular complexity index is 2540. The van der Waals surface area contributed by atoms with E-state index in [2.05, 4.69) is 63.1 Å². The normalized spacial score (nSPS) is 15.4. The van der Waals surface area contributed by atoms with Crippen LogP contribution in [0.25, 0.3) is 0 Å². The van der Waals surface area contributed by atoms with Crippen LogP contribution in [0, 0.1) is 23.7 Å². The predicted octanol–water partition coefficient (Wildman–Crippen LogP) is -5.85. The van der Waals surface area contributed by atoms with Crippen LogP contribution in [0.4, 0.5) is 0 Å². The molecule has 33 nitrogen and oxygen atoms in total. The van der Waals surface area contributed by atoms with Gasteiger partial charge in [-0.1, -0.05) is 61.8 Å². The molecule has 0 spiro atoms. The molecule has 1 heterocycles. The largest absolute Gasteiger partial charge is 0.481 e. The number of aliphatic hydroxyl groups is 2. The summed E-state index contributed by atoms with van der Waals surface area (Å²) in [4.78, 5) is 193. The molecule has 0 unspecified atom stereocenters. The number of nitrogens with two attached hydrogens (primary N) is 4. The number of thioether (sulfide) groups is 1. The summed E-state index contributed by atoms with van der Waals surface area (Å²) in [7, 11) is 0. The highest BCUT2D eigenvalue weighted by atomic mass is 32.2. The highest BCUT2D eigenvalue weighted by Gasteiger charge is 2.38. The van der Waals surface area contributed by atoms with Crippen molar-refractivity contribution in [3.63, 3.8) is 0 Å². The third-order valence-electron chi connectivity index (χ3n) is 13.6. The van der Waals surface area contributed by atoms with Crippen molar-refractivity contribution in [1.82, 2.24) is 63.1 Å². The summed E-state index contributed by atoms with van der Waals surface area (Å²) < 4.78 is 0. The van der Waals surface area contributed by atoms with Crippen molar-refractivity contribution in [2.75, 3.05) is 25.2 Å². The highest BCUT2D eigenvalue weighted by molar-refractivity contribution is 7.98. The Kier molecular flexibility index (Phi) is 35.2. The summed E-state index contributed by atoms with van der Waals surface area (Å²) >= 11 is 1.30. The first kappa shape index (κ1) is 78.0. The number of carboxylic acid groups (broad SMARTS) is 1. The van der Waals surface area contributed by atoms with Gasteiger partial charge in [0.05, 0.1) is 26.0 Å². The molecule has 0 fully saturated rings. The summed E-state index contributed by atoms with van der Waals surface area (Å²) in [6, 6.07) is -16.6. The van der Waals surface area contributed by atoms with E-state index in [4.69, 9.17) is 22.9 Å². The number of carbonyl (C=O) groups is 14. The number of aliphatic carboxylic acids is 1. The second-order valence-corrected chi connectivity index (χ2v) is 23.4. The van der Waals surface area contributed by atoms with Crippen LogP contribution in [0.15, 0.2) is 12.5 Å². The van der Waals surface area contributed by atoms with Crippen LogP contribution < -0.4 is 76.1 Å². The van der Waals surface area contributed by atoms with E-state index in [0.29, 0.717) is 5.69 Å². The summed E-state index contributed by atoms with van der Waals surface area (Å²) in [6.07, 6.45) is 1.36. The maximum absolute atomic E-state index is 14.4. The van der Waals surface area contributed by atoms with E-state index < -0.39 is 206 Å². The van der Waals surface area contributed by atoms with Crippen molar-refractivity contribution >= 4 is 94.5 Å². The lowest BCUT2D eigenvalue weighted by Crippen LogP contribution is -2.62. The summed E-state index contributed by atoms with van der Waals surface area (Å²) in [5, 5.41) is 53.5. The van der Waals surface area contributed by atoms with Gasteiger partial charge in [-0.25, -0.2) is 4.98 Å². The van der Waals surface area contributed by atoms with Crippen molar-refractivity contribution in [3.05, 3.63) is 18.2 Å². The van der Waals surface area contributed by atoms with Crippen LogP contribution in [0.5, 0.6) is 0 Å². The minimum Gasteiger partial charge on any atom is -0.481 e. The zero-order valence-corrected chi connectivity index (χ0v) is 52.0. The Morgan fingerprint density at radius 2 is 0.955 bits per heavy atom. The van der Waals surface area contributed by atoms with Gasteiger partial charge in [-0.15, -0.1) is 0 Å². The molecule has 12 atom stereocenters. The van der Waals surface area contributed by atoms with Crippen LogP contribution in [0.1, 0.15) is 119 Å². The molecule has 1 aromatic heterocycles. The van der Waals surface area contributed by atoms with Crippen molar-refractivity contribution < 1.29 is 82.4 Å². The first-order valence-corrected chi connectivity index (χ1v) is 30.1. The van der Waals surface area contributed by atoms with E-state index in [9.17, 15) is 82.4 Å². The average Bonchev–Trinajstić information content (AvgIpc) is 4.01. The molecule has 88 heavy (non-hydrogen) atoms. The highest BCUT2D eigenvalue weighted by Crippen LogP contribution is 2.15. The number of H-pyrrole nitrogens is 1. The topological polar surface area (TPSA) is 553 Å². The molecule has 0 saturated heterocycles. The minimum atomic E-state index is -1.78. The molecular formula is C54H92N16O17S. The lowest BCUT2D eigenvalue weighted by Gasteiger charge is -2.30. The maximum Gasteiger partial charge on any atom is 0.303 e. The first-order chi connectivity index (χ1) is 41.2. The van der Waals surface area contributed by atoms with E-state index >= 15 is 0 Å². The number of aliphatic hydroxyl groups excluding tert-OH is 2. The van der Waals surface area contributed by atoms with Gasteiger partial charge in [0.15, 0.2) is 0 Å². The molecule has 22 N–H and O–H groups in total. The van der Waals surface area contributed by atoms with Crippen LogP contribution in [0.2, 0.25) is 0 Å². The zero-order valence-electron chi connectivity index (χ0n) is 51.2. The van der Waals surface area contributed by atoms with Crippen LogP contribution >= 0.6 is 11.8 Å². The number of primary amides is 3. The van der Waals surface area contributed by atoms with E-state index in [1.807, 2.05) is 0 Å². The number of hydrogen-bond donors (Lipinski definition) is 18. The number of carbonyl (C=O) groups excluding carboxylic acids is 13. The molecule has 0 bridgehead atoms. The molecule has 0 aliphatic rings. The Morgan fingerprint density at radius 1 is 0.523 bits per heavy atom. The second-order valence-electron chi connectivity index (χ2n) is 22.4. The number of nitrogens with zero attached hydrogens (tertiary/aromatic N) is 1. The molecular weight excluding hydrogens is 1180 g/mol. The molecule has 0 aliphatic heterocycles. The van der Waals surface area contributed by atoms with E-state index in [-0.39, 0.29) is 49.7 Å². The number of carboxylic acids is 1. The van der Waals surface area contributed by atoms with Gasteiger partial charge < -0.3 is 96.4 Å². The Balaban J connectivity index is 3.61. The number of aromatic amines is 1. The van der Waals surface area contributed by atoms with Gasteiger partial charge >= 0.3 is 5.97 Å². The van der Waals surface area contributed by atoms with Gasteiger partial charge in [-0.2, -0.15) is 11.8 Å². The van der Waals surface area contributed by atoms with Crippen molar-refractivity contribution in [2.45, 2.75) is 186 Å². The number of hydrogen-bond acceptors (Lipinski definition) is 19. The monoisotopic (exact) mass is 1270 g/mol. The second kappa shape index (κ2) is 39.7. The van der Waals surface area contributed by atoms with E-state index in [1.165, 1.54) is 45.1 Å². The number of nitrogens with one attached hydrogen (secondary N) is 11. The minimum absolute atomic E-state index is 0.0434. The first-order valence-electron chi connectivity index (χ1n) is 28.7. The molecule has 1 rings (SSSR count). The fourth-order valence-electron chi connectivity index (χ4n) is 8.44. The molecule has 496 valence electrons. The van der Waals surface area contributed by atoms with Crippen molar-refractivity contribution in [3.8, 4) is 0 Å². The van der Waals surface area contributed by atoms with E-state index in [1.54, 1.807) is 40.9 Å². The van der Waals surface area contributed by atoms with Crippen molar-refractivity contribution in [2.24, 2.45) is 46.6 Å². The van der Waals surface area contributed by atoms with Gasteiger partial charge in [0.2, 0.25) is 76.8 Å². The Labute approximate surface area is 514 Å². The average molecular weight is 1270 g/mol. The molecule has 1 aromatic rings. The fourth-order valence-corrected chi connectivity index (χ4v) is 8.91. The lowest BCUT2D eigenvalue weighted by molar-refractivity contribution is -0.139. The predicted molar refractivity (Wildman–Crippen MR) is 318 cm³/mol. The molecule has 0 saturated carbocycles.